The highest BCUT2D eigenvalue weighted by atomic mass is 16.6. The van der Waals surface area contributed by atoms with Gasteiger partial charge in [0, 0.05) is 6.54 Å². The van der Waals surface area contributed by atoms with Crippen molar-refractivity contribution in [2.75, 3.05) is 33.4 Å². The van der Waals surface area contributed by atoms with Crippen LogP contribution in [0.3, 0.4) is 0 Å². The Balaban J connectivity index is 2.01. The highest BCUT2D eigenvalue weighted by molar-refractivity contribution is 6.03. The zero-order valence-corrected chi connectivity index (χ0v) is 17.0. The van der Waals surface area contributed by atoms with Crippen molar-refractivity contribution < 1.29 is 14.7 Å². The first-order chi connectivity index (χ1) is 13.2. The topological polar surface area (TPSA) is 54.3 Å². The Morgan fingerprint density at radius 1 is 1.11 bits per heavy atom. The summed E-state index contributed by atoms with van der Waals surface area (Å²) in [5.41, 5.74) is 3.39. The molecule has 1 aliphatic rings. The molecule has 0 unspecified atom stereocenters. The van der Waals surface area contributed by atoms with Crippen LogP contribution in [0.5, 0.6) is 5.75 Å². The molecule has 0 aliphatic heterocycles. The van der Waals surface area contributed by atoms with E-state index in [2.05, 4.69) is 42.1 Å². The number of methoxy groups -OCH3 is 1. The molecular formula is C22H34N2O3. The lowest BCUT2D eigenvalue weighted by atomic mass is 10.0. The molecule has 27 heavy (non-hydrogen) atoms. The molecule has 1 fully saturated rings. The van der Waals surface area contributed by atoms with Gasteiger partial charge in [0.1, 0.15) is 18.5 Å². The quantitative estimate of drug-likeness (QED) is 0.522. The molecule has 1 atom stereocenters. The van der Waals surface area contributed by atoms with Crippen LogP contribution in [0.2, 0.25) is 0 Å². The first-order valence-corrected chi connectivity index (χ1v) is 10.1. The number of aliphatic hydroxyl groups is 1. The zero-order valence-electron chi connectivity index (χ0n) is 17.0. The molecule has 0 saturated heterocycles. The smallest absolute Gasteiger partial charge is 0.144 e. The third-order valence-corrected chi connectivity index (χ3v) is 4.99. The van der Waals surface area contributed by atoms with Gasteiger partial charge < -0.3 is 19.6 Å². The largest absolute Gasteiger partial charge is 0.497 e. The molecule has 1 saturated carbocycles. The zero-order chi connectivity index (χ0) is 19.5. The number of nitrogens with zero attached hydrogens (tertiary/aromatic N) is 2. The molecule has 5 nitrogen and oxygen atoms in total. The Hall–Kier alpha value is -1.85. The minimum absolute atomic E-state index is 0.232. The van der Waals surface area contributed by atoms with Gasteiger partial charge in [0.25, 0.3) is 0 Å². The maximum atomic E-state index is 10.2. The summed E-state index contributed by atoms with van der Waals surface area (Å²) in [7, 11) is 1.68. The van der Waals surface area contributed by atoms with Gasteiger partial charge in [-0.3, -0.25) is 0 Å². The third-order valence-electron chi connectivity index (χ3n) is 4.99. The lowest BCUT2D eigenvalue weighted by molar-refractivity contribution is 0.0206. The second-order valence-electron chi connectivity index (χ2n) is 6.98. The molecule has 5 heteroatoms. The molecule has 0 bridgehead atoms. The Morgan fingerprint density at radius 3 is 2.48 bits per heavy atom. The van der Waals surface area contributed by atoms with E-state index < -0.39 is 6.10 Å². The summed E-state index contributed by atoms with van der Waals surface area (Å²) in [6.45, 7) is 6.90. The van der Waals surface area contributed by atoms with E-state index in [-0.39, 0.29) is 6.61 Å². The van der Waals surface area contributed by atoms with Crippen LogP contribution in [0.1, 0.15) is 51.5 Å². The predicted octanol–water partition coefficient (Wildman–Crippen LogP) is 4.12. The monoisotopic (exact) mass is 374 g/mol. The van der Waals surface area contributed by atoms with Gasteiger partial charge in [0.05, 0.1) is 12.8 Å². The summed E-state index contributed by atoms with van der Waals surface area (Å²) < 4.78 is 5.23. The Bertz CT molecular complexity index is 606. The summed E-state index contributed by atoms with van der Waals surface area (Å²) >= 11 is 0. The molecule has 0 spiro atoms. The SMILES string of the molecule is CCN(CC)C[C@H](O)CO/N=C1\CCCCC\C1=C/c1ccc(OC)cc1. The van der Waals surface area contributed by atoms with E-state index in [0.717, 1.165) is 49.4 Å². The van der Waals surface area contributed by atoms with E-state index in [9.17, 15) is 5.11 Å². The second kappa shape index (κ2) is 11.8. The van der Waals surface area contributed by atoms with Crippen molar-refractivity contribution >= 4 is 11.8 Å². The summed E-state index contributed by atoms with van der Waals surface area (Å²) in [4.78, 5) is 7.72. The van der Waals surface area contributed by atoms with Crippen molar-refractivity contribution in [2.24, 2.45) is 5.16 Å². The number of hydrogen-bond acceptors (Lipinski definition) is 5. The van der Waals surface area contributed by atoms with Gasteiger partial charge in [0.15, 0.2) is 0 Å². The van der Waals surface area contributed by atoms with Crippen molar-refractivity contribution in [1.29, 1.82) is 0 Å². The van der Waals surface area contributed by atoms with Gasteiger partial charge >= 0.3 is 0 Å². The van der Waals surface area contributed by atoms with E-state index in [1.807, 2.05) is 12.1 Å². The average Bonchev–Trinajstić information content (AvgIpc) is 2.92. The van der Waals surface area contributed by atoms with Gasteiger partial charge in [0.2, 0.25) is 0 Å². The van der Waals surface area contributed by atoms with Crippen molar-refractivity contribution in [1.82, 2.24) is 4.90 Å². The lowest BCUT2D eigenvalue weighted by Gasteiger charge is -2.21. The number of aliphatic hydroxyl groups excluding tert-OH is 1. The summed E-state index contributed by atoms with van der Waals surface area (Å²) in [5.74, 6) is 0.859. The Labute approximate surface area is 163 Å². The standard InChI is InChI=1S/C22H34N2O3/c1-4-24(5-2)16-20(25)17-27-23-22-10-8-6-7-9-19(22)15-18-11-13-21(26-3)14-12-18/h11-15,20,25H,4-10,16-17H2,1-3H3/b19-15+,23-22+/t20-/m0/s1. The molecule has 150 valence electrons. The molecule has 0 heterocycles. The fraction of sp³-hybridized carbons (Fsp3) is 0.591. The van der Waals surface area contributed by atoms with Gasteiger partial charge in [-0.1, -0.05) is 37.6 Å². The third kappa shape index (κ3) is 7.35. The van der Waals surface area contributed by atoms with Crippen LogP contribution in [0, 0.1) is 0 Å². The van der Waals surface area contributed by atoms with Crippen LogP contribution in [0.15, 0.2) is 35.0 Å². The molecule has 2 rings (SSSR count). The van der Waals surface area contributed by atoms with Gasteiger partial charge in [-0.2, -0.15) is 0 Å². The highest BCUT2D eigenvalue weighted by Gasteiger charge is 2.14. The maximum absolute atomic E-state index is 10.2. The molecule has 1 aliphatic carbocycles. The summed E-state index contributed by atoms with van der Waals surface area (Å²) in [6.07, 6.45) is 7.12. The average molecular weight is 375 g/mol. The number of allylic oxidation sites excluding steroid dienone is 1. The van der Waals surface area contributed by atoms with Crippen LogP contribution in [0.4, 0.5) is 0 Å². The molecule has 1 aromatic carbocycles. The van der Waals surface area contributed by atoms with Crippen molar-refractivity contribution in [3.05, 3.63) is 35.4 Å². The first-order valence-electron chi connectivity index (χ1n) is 10.1. The van der Waals surface area contributed by atoms with E-state index in [0.29, 0.717) is 6.54 Å². The van der Waals surface area contributed by atoms with Crippen LogP contribution in [-0.4, -0.2) is 55.2 Å². The minimum atomic E-state index is -0.519. The predicted molar refractivity (Wildman–Crippen MR) is 111 cm³/mol. The normalized spacial score (nSPS) is 19.3. The molecule has 1 aromatic rings. The van der Waals surface area contributed by atoms with Gasteiger partial charge in [-0.15, -0.1) is 0 Å². The van der Waals surface area contributed by atoms with Crippen molar-refractivity contribution in [3.63, 3.8) is 0 Å². The van der Waals surface area contributed by atoms with E-state index >= 15 is 0 Å². The van der Waals surface area contributed by atoms with Crippen LogP contribution >= 0.6 is 0 Å². The number of likely N-dealkylation sites (N-methyl/N-ethyl adjacent to an activating group) is 1. The van der Waals surface area contributed by atoms with Crippen molar-refractivity contribution in [3.8, 4) is 5.75 Å². The second-order valence-corrected chi connectivity index (χ2v) is 6.98. The fourth-order valence-corrected chi connectivity index (χ4v) is 3.28. The van der Waals surface area contributed by atoms with Gasteiger partial charge in [-0.05, 0) is 68.1 Å². The van der Waals surface area contributed by atoms with Gasteiger partial charge in [-0.25, -0.2) is 0 Å². The van der Waals surface area contributed by atoms with Crippen LogP contribution in [0.25, 0.3) is 6.08 Å². The van der Waals surface area contributed by atoms with E-state index in [4.69, 9.17) is 9.57 Å². The molecule has 0 amide bonds. The first kappa shape index (κ1) is 21.5. The molecule has 1 N–H and O–H groups in total. The summed E-state index contributed by atoms with van der Waals surface area (Å²) in [6, 6.07) is 8.06. The lowest BCUT2D eigenvalue weighted by Crippen LogP contribution is -2.34. The van der Waals surface area contributed by atoms with Crippen LogP contribution < -0.4 is 4.74 Å². The van der Waals surface area contributed by atoms with Crippen LogP contribution in [-0.2, 0) is 4.84 Å². The molecule has 0 aromatic heterocycles. The van der Waals surface area contributed by atoms with E-state index in [1.165, 1.54) is 18.4 Å². The highest BCUT2D eigenvalue weighted by Crippen LogP contribution is 2.24. The van der Waals surface area contributed by atoms with Crippen molar-refractivity contribution in [2.45, 2.75) is 52.1 Å². The maximum Gasteiger partial charge on any atom is 0.144 e. The number of benzene rings is 1. The van der Waals surface area contributed by atoms with E-state index in [1.54, 1.807) is 7.11 Å². The number of hydrogen-bond donors (Lipinski definition) is 1. The minimum Gasteiger partial charge on any atom is -0.497 e. The molecule has 0 radical (unpaired) electrons. The number of rotatable bonds is 9. The summed E-state index contributed by atoms with van der Waals surface area (Å²) in [5, 5.41) is 14.6. The number of ether oxygens (including phenoxy) is 1. The molecular weight excluding hydrogens is 340 g/mol. The Kier molecular flexibility index (Phi) is 9.36. The fourth-order valence-electron chi connectivity index (χ4n) is 3.28. The number of oxime groups is 1. The Morgan fingerprint density at radius 2 is 1.81 bits per heavy atom.